The maximum absolute atomic E-state index is 11.5. The van der Waals surface area contributed by atoms with Gasteiger partial charge in [0.25, 0.3) is 5.56 Å². The van der Waals surface area contributed by atoms with Gasteiger partial charge in [-0.15, -0.1) is 0 Å². The van der Waals surface area contributed by atoms with Gasteiger partial charge in [0.2, 0.25) is 0 Å². The Bertz CT molecular complexity index is 772. The topological polar surface area (TPSA) is 57.8 Å². The smallest absolute Gasteiger partial charge is 0.285 e. The van der Waals surface area contributed by atoms with E-state index in [9.17, 15) is 4.79 Å². The molecule has 1 aromatic heterocycles. The molecule has 0 radical (unpaired) electrons. The lowest BCUT2D eigenvalue weighted by atomic mass is 9.78. The van der Waals surface area contributed by atoms with Crippen LogP contribution in [0.2, 0.25) is 5.02 Å². The first-order chi connectivity index (χ1) is 10.7. The molecule has 4 rings (SSSR count). The number of hydrogen-bond donors (Lipinski definition) is 2. The highest BCUT2D eigenvalue weighted by Gasteiger charge is 2.55. The first-order valence-corrected chi connectivity index (χ1v) is 8.14. The van der Waals surface area contributed by atoms with Crippen molar-refractivity contribution < 1.29 is 0 Å². The highest BCUT2D eigenvalue weighted by Crippen LogP contribution is 2.60. The van der Waals surface area contributed by atoms with Gasteiger partial charge in [-0.2, -0.15) is 5.10 Å². The van der Waals surface area contributed by atoms with Gasteiger partial charge >= 0.3 is 0 Å². The molecule has 2 atom stereocenters. The first kappa shape index (κ1) is 13.8. The molecule has 1 saturated carbocycles. The third-order valence-corrected chi connectivity index (χ3v) is 5.56. The van der Waals surface area contributed by atoms with Gasteiger partial charge in [-0.05, 0) is 42.7 Å². The van der Waals surface area contributed by atoms with Gasteiger partial charge in [-0.1, -0.05) is 35.9 Å². The summed E-state index contributed by atoms with van der Waals surface area (Å²) in [5.41, 5.74) is 3.65. The summed E-state index contributed by atoms with van der Waals surface area (Å²) < 4.78 is 0. The number of H-pyrrole nitrogens is 1. The molecule has 2 aromatic rings. The van der Waals surface area contributed by atoms with Crippen LogP contribution in [0.15, 0.2) is 35.3 Å². The summed E-state index contributed by atoms with van der Waals surface area (Å²) in [6, 6.07) is 8.83. The number of aromatic amines is 1. The Labute approximate surface area is 133 Å². The maximum Gasteiger partial charge on any atom is 0.285 e. The molecule has 22 heavy (non-hydrogen) atoms. The summed E-state index contributed by atoms with van der Waals surface area (Å²) in [5.74, 6) is 0.601. The number of anilines is 1. The molecule has 114 valence electrons. The van der Waals surface area contributed by atoms with E-state index in [0.717, 1.165) is 6.54 Å². The van der Waals surface area contributed by atoms with Crippen molar-refractivity contribution in [3.05, 3.63) is 57.0 Å². The van der Waals surface area contributed by atoms with E-state index in [-0.39, 0.29) is 10.6 Å². The van der Waals surface area contributed by atoms with E-state index in [1.165, 1.54) is 36.8 Å². The van der Waals surface area contributed by atoms with Crippen LogP contribution in [0, 0.1) is 5.92 Å². The van der Waals surface area contributed by atoms with Crippen molar-refractivity contribution in [2.75, 3.05) is 11.9 Å². The summed E-state index contributed by atoms with van der Waals surface area (Å²) in [7, 11) is 0. The van der Waals surface area contributed by atoms with Crippen LogP contribution in [-0.2, 0) is 11.8 Å². The van der Waals surface area contributed by atoms with Crippen molar-refractivity contribution in [3.63, 3.8) is 0 Å². The van der Waals surface area contributed by atoms with Crippen LogP contribution in [0.3, 0.4) is 0 Å². The number of aryl methyl sites for hydroxylation is 1. The number of hydrogen-bond acceptors (Lipinski definition) is 3. The van der Waals surface area contributed by atoms with E-state index in [1.807, 2.05) is 0 Å². The standard InChI is InChI=1S/C17H18ClN3O/c18-15-14(10-20-21-16(15)22)19-9-12-8-17(12)7-3-5-11-4-1-2-6-13(11)17/h1-2,4,6,10,12H,3,5,7-9H2,(H2,19,21,22). The number of halogens is 1. The maximum atomic E-state index is 11.5. The predicted molar refractivity (Wildman–Crippen MR) is 87.5 cm³/mol. The fraction of sp³-hybridized carbons (Fsp3) is 0.412. The molecule has 0 saturated heterocycles. The minimum atomic E-state index is -0.347. The van der Waals surface area contributed by atoms with Crippen molar-refractivity contribution in [3.8, 4) is 0 Å². The molecule has 2 N–H and O–H groups in total. The van der Waals surface area contributed by atoms with E-state index < -0.39 is 0 Å². The zero-order valence-corrected chi connectivity index (χ0v) is 13.0. The largest absolute Gasteiger partial charge is 0.382 e. The SMILES string of the molecule is O=c1[nH]ncc(NCC2CC23CCCc2ccccc23)c1Cl. The Morgan fingerprint density at radius 1 is 1.41 bits per heavy atom. The number of rotatable bonds is 3. The molecule has 0 aliphatic heterocycles. The fourth-order valence-electron chi connectivity index (χ4n) is 3.98. The molecule has 1 heterocycles. The van der Waals surface area contributed by atoms with Crippen molar-refractivity contribution in [2.45, 2.75) is 31.1 Å². The van der Waals surface area contributed by atoms with Crippen LogP contribution in [-0.4, -0.2) is 16.7 Å². The molecule has 2 unspecified atom stereocenters. The van der Waals surface area contributed by atoms with Gasteiger partial charge in [-0.25, -0.2) is 5.10 Å². The van der Waals surface area contributed by atoms with Gasteiger partial charge in [0.1, 0.15) is 5.02 Å². The van der Waals surface area contributed by atoms with Gasteiger partial charge in [0.15, 0.2) is 0 Å². The Hall–Kier alpha value is -1.81. The second kappa shape index (κ2) is 5.13. The van der Waals surface area contributed by atoms with Crippen molar-refractivity contribution in [2.24, 2.45) is 5.92 Å². The first-order valence-electron chi connectivity index (χ1n) is 7.76. The number of benzene rings is 1. The molecular weight excluding hydrogens is 298 g/mol. The molecule has 5 heteroatoms. The minimum absolute atomic E-state index is 0.189. The zero-order chi connectivity index (χ0) is 15.2. The molecule has 2 aliphatic carbocycles. The fourth-order valence-corrected chi connectivity index (χ4v) is 4.14. The number of aromatic nitrogens is 2. The van der Waals surface area contributed by atoms with E-state index in [1.54, 1.807) is 6.20 Å². The van der Waals surface area contributed by atoms with Crippen LogP contribution < -0.4 is 10.9 Å². The lowest BCUT2D eigenvalue weighted by molar-refractivity contribution is 0.503. The predicted octanol–water partition coefficient (Wildman–Crippen LogP) is 3.13. The highest BCUT2D eigenvalue weighted by molar-refractivity contribution is 6.32. The van der Waals surface area contributed by atoms with Gasteiger partial charge in [-0.3, -0.25) is 4.79 Å². The Morgan fingerprint density at radius 3 is 3.18 bits per heavy atom. The molecular formula is C17H18ClN3O. The van der Waals surface area contributed by atoms with Crippen LogP contribution in [0.5, 0.6) is 0 Å². The average Bonchev–Trinajstić information content (AvgIpc) is 3.23. The van der Waals surface area contributed by atoms with E-state index in [0.29, 0.717) is 17.0 Å². The number of nitrogens with zero attached hydrogens (tertiary/aromatic N) is 1. The molecule has 1 spiro atoms. The Kier molecular flexibility index (Phi) is 3.22. The van der Waals surface area contributed by atoms with E-state index >= 15 is 0 Å². The molecule has 1 fully saturated rings. The number of fused-ring (bicyclic) bond motifs is 2. The molecule has 0 amide bonds. The normalized spacial score (nSPS) is 25.8. The summed E-state index contributed by atoms with van der Waals surface area (Å²) >= 11 is 6.01. The zero-order valence-electron chi connectivity index (χ0n) is 12.2. The monoisotopic (exact) mass is 315 g/mol. The van der Waals surface area contributed by atoms with E-state index in [4.69, 9.17) is 11.6 Å². The third kappa shape index (κ3) is 2.13. The lowest BCUT2D eigenvalue weighted by Crippen LogP contribution is -2.21. The molecule has 1 aromatic carbocycles. The van der Waals surface area contributed by atoms with Crippen LogP contribution in [0.1, 0.15) is 30.4 Å². The Balaban J connectivity index is 1.51. The molecule has 2 aliphatic rings. The number of nitrogens with one attached hydrogen (secondary N) is 2. The third-order valence-electron chi connectivity index (χ3n) is 5.19. The van der Waals surface area contributed by atoms with E-state index in [2.05, 4.69) is 39.8 Å². The van der Waals surface area contributed by atoms with Gasteiger partial charge in [0, 0.05) is 12.0 Å². The molecule has 0 bridgehead atoms. The Morgan fingerprint density at radius 2 is 2.27 bits per heavy atom. The van der Waals surface area contributed by atoms with Crippen LogP contribution in [0.25, 0.3) is 0 Å². The van der Waals surface area contributed by atoms with Crippen LogP contribution in [0.4, 0.5) is 5.69 Å². The highest BCUT2D eigenvalue weighted by atomic mass is 35.5. The summed E-state index contributed by atoms with van der Waals surface area (Å²) in [6.07, 6.45) is 6.51. The average molecular weight is 316 g/mol. The summed E-state index contributed by atoms with van der Waals surface area (Å²) in [5, 5.41) is 9.63. The van der Waals surface area contributed by atoms with Crippen LogP contribution >= 0.6 is 11.6 Å². The van der Waals surface area contributed by atoms with Gasteiger partial charge < -0.3 is 5.32 Å². The lowest BCUT2D eigenvalue weighted by Gasteiger charge is -2.27. The summed E-state index contributed by atoms with van der Waals surface area (Å²) in [4.78, 5) is 11.5. The quantitative estimate of drug-likeness (QED) is 0.915. The van der Waals surface area contributed by atoms with Gasteiger partial charge in [0.05, 0.1) is 11.9 Å². The van der Waals surface area contributed by atoms with Crippen molar-refractivity contribution in [1.29, 1.82) is 0 Å². The minimum Gasteiger partial charge on any atom is -0.382 e. The second-order valence-electron chi connectivity index (χ2n) is 6.38. The summed E-state index contributed by atoms with van der Waals surface area (Å²) in [6.45, 7) is 0.833. The molecule has 4 nitrogen and oxygen atoms in total. The van der Waals surface area contributed by atoms with Crippen molar-refractivity contribution in [1.82, 2.24) is 10.2 Å². The van der Waals surface area contributed by atoms with Crippen molar-refractivity contribution >= 4 is 17.3 Å². The second-order valence-corrected chi connectivity index (χ2v) is 6.75.